The van der Waals surface area contributed by atoms with Crippen molar-refractivity contribution in [3.05, 3.63) is 47.5 Å². The van der Waals surface area contributed by atoms with Gasteiger partial charge >= 0.3 is 12.1 Å². The lowest BCUT2D eigenvalue weighted by atomic mass is 9.99. The Labute approximate surface area is 142 Å². The maximum atomic E-state index is 12.7. The minimum Gasteiger partial charge on any atom is -0.480 e. The first-order valence-electron chi connectivity index (χ1n) is 7.21. The Hall–Kier alpha value is -3.03. The van der Waals surface area contributed by atoms with E-state index in [1.165, 1.54) is 18.3 Å². The SMILES string of the molecule is CN=Cc1cc(-c2ccc(C(F)(F)F)cc2)cc(NCC(=O)O)c1N. The number of aliphatic imine (C=N–C) groups is 1. The normalized spacial score (nSPS) is 11.7. The van der Waals surface area contributed by atoms with E-state index in [0.717, 1.165) is 12.1 Å². The molecule has 0 unspecified atom stereocenters. The fraction of sp³-hybridized carbons (Fsp3) is 0.176. The van der Waals surface area contributed by atoms with Gasteiger partial charge in [0.25, 0.3) is 0 Å². The molecule has 0 heterocycles. The summed E-state index contributed by atoms with van der Waals surface area (Å²) in [5, 5.41) is 11.5. The van der Waals surface area contributed by atoms with Crippen molar-refractivity contribution in [2.45, 2.75) is 6.18 Å². The monoisotopic (exact) mass is 351 g/mol. The zero-order chi connectivity index (χ0) is 18.6. The number of carbonyl (C=O) groups is 1. The number of nitrogens with two attached hydrogens (primary N) is 1. The van der Waals surface area contributed by atoms with Crippen molar-refractivity contribution in [1.29, 1.82) is 0 Å². The summed E-state index contributed by atoms with van der Waals surface area (Å²) in [5.74, 6) is -1.06. The standard InChI is InChI=1S/C17H16F3N3O2/c1-22-8-12-6-11(7-14(16(12)21)23-9-15(24)25)10-2-4-13(5-3-10)17(18,19)20/h2-8,23H,9,21H2,1H3,(H,24,25). The van der Waals surface area contributed by atoms with Crippen LogP contribution in [0.5, 0.6) is 0 Å². The van der Waals surface area contributed by atoms with Gasteiger partial charge in [-0.1, -0.05) is 12.1 Å². The largest absolute Gasteiger partial charge is 0.480 e. The number of carboxylic acid groups (broad SMARTS) is 1. The van der Waals surface area contributed by atoms with Crippen LogP contribution in [-0.2, 0) is 11.0 Å². The highest BCUT2D eigenvalue weighted by Crippen LogP contribution is 2.33. The number of nitrogen functional groups attached to an aromatic ring is 1. The van der Waals surface area contributed by atoms with Gasteiger partial charge in [0.15, 0.2) is 0 Å². The number of aliphatic carboxylic acids is 1. The zero-order valence-corrected chi connectivity index (χ0v) is 13.3. The number of rotatable bonds is 5. The Morgan fingerprint density at radius 3 is 2.40 bits per heavy atom. The summed E-state index contributed by atoms with van der Waals surface area (Å²) in [6.07, 6.45) is -2.91. The van der Waals surface area contributed by atoms with Crippen LogP contribution in [0.15, 0.2) is 41.4 Å². The van der Waals surface area contributed by atoms with E-state index in [1.807, 2.05) is 0 Å². The van der Waals surface area contributed by atoms with E-state index < -0.39 is 17.7 Å². The third-order valence-corrected chi connectivity index (χ3v) is 3.46. The Morgan fingerprint density at radius 2 is 1.88 bits per heavy atom. The van der Waals surface area contributed by atoms with Crippen LogP contribution in [0, 0.1) is 0 Å². The van der Waals surface area contributed by atoms with Gasteiger partial charge in [-0.05, 0) is 35.4 Å². The highest BCUT2D eigenvalue weighted by atomic mass is 19.4. The van der Waals surface area contributed by atoms with E-state index in [4.69, 9.17) is 10.8 Å². The maximum absolute atomic E-state index is 12.7. The molecule has 2 rings (SSSR count). The molecule has 2 aromatic rings. The molecule has 5 nitrogen and oxygen atoms in total. The number of nitrogens with zero attached hydrogens (tertiary/aromatic N) is 1. The number of carboxylic acids is 1. The molecular formula is C17H16F3N3O2. The minimum atomic E-state index is -4.41. The predicted molar refractivity (Wildman–Crippen MR) is 90.9 cm³/mol. The molecule has 0 saturated heterocycles. The highest BCUT2D eigenvalue weighted by molar-refractivity contribution is 5.95. The van der Waals surface area contributed by atoms with Crippen molar-refractivity contribution >= 4 is 23.6 Å². The Morgan fingerprint density at radius 1 is 1.24 bits per heavy atom. The molecular weight excluding hydrogens is 335 g/mol. The lowest BCUT2D eigenvalue weighted by Gasteiger charge is -2.14. The summed E-state index contributed by atoms with van der Waals surface area (Å²) in [7, 11) is 1.55. The van der Waals surface area contributed by atoms with Gasteiger partial charge < -0.3 is 16.2 Å². The molecule has 0 aliphatic heterocycles. The third kappa shape index (κ3) is 4.50. The summed E-state index contributed by atoms with van der Waals surface area (Å²) in [6.45, 7) is -0.344. The van der Waals surface area contributed by atoms with Crippen molar-refractivity contribution in [3.8, 4) is 11.1 Å². The third-order valence-electron chi connectivity index (χ3n) is 3.46. The molecule has 0 atom stereocenters. The van der Waals surface area contributed by atoms with Crippen molar-refractivity contribution in [3.63, 3.8) is 0 Å². The lowest BCUT2D eigenvalue weighted by Crippen LogP contribution is -2.14. The van der Waals surface area contributed by atoms with Crippen LogP contribution in [0.4, 0.5) is 24.5 Å². The molecule has 25 heavy (non-hydrogen) atoms. The van der Waals surface area contributed by atoms with E-state index in [-0.39, 0.29) is 6.54 Å². The summed E-state index contributed by atoms with van der Waals surface area (Å²) in [6, 6.07) is 7.95. The molecule has 0 fully saturated rings. The molecule has 0 aliphatic rings. The van der Waals surface area contributed by atoms with Gasteiger partial charge in [0, 0.05) is 18.8 Å². The maximum Gasteiger partial charge on any atom is 0.416 e. The number of hydrogen-bond donors (Lipinski definition) is 3. The predicted octanol–water partition coefficient (Wildman–Crippen LogP) is 3.50. The molecule has 0 saturated carbocycles. The van der Waals surface area contributed by atoms with Crippen molar-refractivity contribution in [2.24, 2.45) is 4.99 Å². The fourth-order valence-electron chi connectivity index (χ4n) is 2.26. The molecule has 132 valence electrons. The van der Waals surface area contributed by atoms with E-state index in [9.17, 15) is 18.0 Å². The molecule has 0 amide bonds. The first-order valence-corrected chi connectivity index (χ1v) is 7.21. The number of benzene rings is 2. The van der Waals surface area contributed by atoms with Crippen molar-refractivity contribution in [2.75, 3.05) is 24.6 Å². The van der Waals surface area contributed by atoms with Crippen LogP contribution in [0.2, 0.25) is 0 Å². The molecule has 0 spiro atoms. The molecule has 2 aromatic carbocycles. The van der Waals surface area contributed by atoms with Gasteiger partial charge in [-0.15, -0.1) is 0 Å². The minimum absolute atomic E-state index is 0.308. The lowest BCUT2D eigenvalue weighted by molar-refractivity contribution is -0.137. The summed E-state index contributed by atoms with van der Waals surface area (Å²) in [4.78, 5) is 14.6. The second-order valence-electron chi connectivity index (χ2n) is 5.24. The summed E-state index contributed by atoms with van der Waals surface area (Å²) < 4.78 is 38.0. The summed E-state index contributed by atoms with van der Waals surface area (Å²) >= 11 is 0. The van der Waals surface area contributed by atoms with Gasteiger partial charge in [0.05, 0.1) is 16.9 Å². The number of alkyl halides is 3. The molecule has 4 N–H and O–H groups in total. The Kier molecular flexibility index (Phi) is 5.31. The Balaban J connectivity index is 2.47. The second kappa shape index (κ2) is 7.25. The number of hydrogen-bond acceptors (Lipinski definition) is 4. The Bertz CT molecular complexity index is 800. The number of anilines is 2. The molecule has 0 aromatic heterocycles. The van der Waals surface area contributed by atoms with Gasteiger partial charge in [-0.3, -0.25) is 9.79 Å². The smallest absolute Gasteiger partial charge is 0.416 e. The first kappa shape index (κ1) is 18.3. The molecule has 0 bridgehead atoms. The zero-order valence-electron chi connectivity index (χ0n) is 13.3. The quantitative estimate of drug-likeness (QED) is 0.568. The fourth-order valence-corrected chi connectivity index (χ4v) is 2.26. The van der Waals surface area contributed by atoms with Crippen LogP contribution >= 0.6 is 0 Å². The van der Waals surface area contributed by atoms with E-state index in [0.29, 0.717) is 28.1 Å². The first-order chi connectivity index (χ1) is 11.7. The van der Waals surface area contributed by atoms with E-state index in [1.54, 1.807) is 19.2 Å². The summed E-state index contributed by atoms with van der Waals surface area (Å²) in [5.41, 5.74) is 7.58. The van der Waals surface area contributed by atoms with Gasteiger partial charge in [-0.2, -0.15) is 13.2 Å². The van der Waals surface area contributed by atoms with Gasteiger partial charge in [0.2, 0.25) is 0 Å². The average Bonchev–Trinajstić information content (AvgIpc) is 2.55. The van der Waals surface area contributed by atoms with Crippen molar-refractivity contribution in [1.82, 2.24) is 0 Å². The molecule has 0 radical (unpaired) electrons. The average molecular weight is 351 g/mol. The van der Waals surface area contributed by atoms with Crippen LogP contribution < -0.4 is 11.1 Å². The second-order valence-corrected chi connectivity index (χ2v) is 5.24. The molecule has 8 heteroatoms. The number of nitrogens with one attached hydrogen (secondary N) is 1. The van der Waals surface area contributed by atoms with Gasteiger partial charge in [0.1, 0.15) is 6.54 Å². The van der Waals surface area contributed by atoms with Crippen LogP contribution in [0.1, 0.15) is 11.1 Å². The molecule has 0 aliphatic carbocycles. The number of halogens is 3. The topological polar surface area (TPSA) is 87.7 Å². The highest BCUT2D eigenvalue weighted by Gasteiger charge is 2.30. The van der Waals surface area contributed by atoms with Crippen LogP contribution in [0.3, 0.4) is 0 Å². The van der Waals surface area contributed by atoms with E-state index in [2.05, 4.69) is 10.3 Å². The van der Waals surface area contributed by atoms with Crippen LogP contribution in [-0.4, -0.2) is 30.9 Å². The van der Waals surface area contributed by atoms with Crippen LogP contribution in [0.25, 0.3) is 11.1 Å². The van der Waals surface area contributed by atoms with E-state index >= 15 is 0 Å². The van der Waals surface area contributed by atoms with Crippen molar-refractivity contribution < 1.29 is 23.1 Å². The van der Waals surface area contributed by atoms with Gasteiger partial charge in [-0.25, -0.2) is 0 Å².